The van der Waals surface area contributed by atoms with E-state index in [0.717, 1.165) is 21.2 Å². The molecule has 0 amide bonds. The zero-order valence-electron chi connectivity index (χ0n) is 10.3. The Bertz CT molecular complexity index is 792. The summed E-state index contributed by atoms with van der Waals surface area (Å²) in [6.45, 7) is 0. The second-order valence-electron chi connectivity index (χ2n) is 4.19. The van der Waals surface area contributed by atoms with Gasteiger partial charge in [0, 0.05) is 6.20 Å². The van der Waals surface area contributed by atoms with E-state index in [9.17, 15) is 5.26 Å². The summed E-state index contributed by atoms with van der Waals surface area (Å²) in [5, 5.41) is 9.31. The number of nitrogens with one attached hydrogen (secondary N) is 1. The summed E-state index contributed by atoms with van der Waals surface area (Å²) in [5.41, 5.74) is 3.09. The van der Waals surface area contributed by atoms with Crippen LogP contribution >= 0.6 is 15.9 Å². The lowest BCUT2D eigenvalue weighted by Gasteiger charge is -1.95. The van der Waals surface area contributed by atoms with Gasteiger partial charge in [0.1, 0.15) is 16.5 Å². The third-order valence-electron chi connectivity index (χ3n) is 2.83. The van der Waals surface area contributed by atoms with Crippen LogP contribution in [0.25, 0.3) is 22.7 Å². The van der Waals surface area contributed by atoms with E-state index in [0.29, 0.717) is 11.4 Å². The summed E-state index contributed by atoms with van der Waals surface area (Å²) < 4.78 is 0.761. The Morgan fingerprint density at radius 3 is 2.80 bits per heavy atom. The number of nitrogens with zero attached hydrogens (tertiary/aromatic N) is 3. The molecule has 20 heavy (non-hydrogen) atoms. The van der Waals surface area contributed by atoms with Crippen molar-refractivity contribution in [3.63, 3.8) is 0 Å². The molecule has 1 aromatic carbocycles. The van der Waals surface area contributed by atoms with Crippen molar-refractivity contribution in [1.82, 2.24) is 15.0 Å². The third-order valence-corrected chi connectivity index (χ3v) is 3.30. The minimum absolute atomic E-state index is 0.477. The molecule has 0 saturated heterocycles. The van der Waals surface area contributed by atoms with Crippen LogP contribution in [0.3, 0.4) is 0 Å². The Labute approximate surface area is 123 Å². The molecule has 0 saturated carbocycles. The van der Waals surface area contributed by atoms with E-state index in [1.54, 1.807) is 12.3 Å². The fourth-order valence-electron chi connectivity index (χ4n) is 1.87. The average molecular weight is 325 g/mol. The number of para-hydroxylation sites is 2. The molecule has 2 heterocycles. The number of rotatable bonds is 2. The van der Waals surface area contributed by atoms with Gasteiger partial charge in [0.25, 0.3) is 0 Å². The van der Waals surface area contributed by atoms with E-state index < -0.39 is 0 Å². The monoisotopic (exact) mass is 324 g/mol. The van der Waals surface area contributed by atoms with Crippen molar-refractivity contribution in [2.75, 3.05) is 0 Å². The quantitative estimate of drug-likeness (QED) is 0.576. The van der Waals surface area contributed by atoms with Crippen LogP contribution in [0.4, 0.5) is 0 Å². The molecule has 4 nitrogen and oxygen atoms in total. The van der Waals surface area contributed by atoms with Crippen LogP contribution in [0.15, 0.2) is 47.2 Å². The van der Waals surface area contributed by atoms with Crippen molar-refractivity contribution in [1.29, 1.82) is 5.26 Å². The minimum Gasteiger partial charge on any atom is -0.337 e. The van der Waals surface area contributed by atoms with E-state index in [2.05, 4.69) is 37.0 Å². The first kappa shape index (κ1) is 12.6. The molecule has 96 valence electrons. The van der Waals surface area contributed by atoms with E-state index in [-0.39, 0.29) is 0 Å². The van der Waals surface area contributed by atoms with Crippen LogP contribution in [-0.2, 0) is 0 Å². The van der Waals surface area contributed by atoms with Crippen LogP contribution in [0.2, 0.25) is 0 Å². The molecule has 1 N–H and O–H groups in total. The summed E-state index contributed by atoms with van der Waals surface area (Å²) in [7, 11) is 0. The number of pyridine rings is 1. The highest BCUT2D eigenvalue weighted by molar-refractivity contribution is 9.10. The van der Waals surface area contributed by atoms with Crippen LogP contribution in [0.1, 0.15) is 11.4 Å². The molecule has 0 spiro atoms. The van der Waals surface area contributed by atoms with Gasteiger partial charge >= 0.3 is 0 Å². The third kappa shape index (κ3) is 2.46. The summed E-state index contributed by atoms with van der Waals surface area (Å²) in [4.78, 5) is 11.7. The van der Waals surface area contributed by atoms with Gasteiger partial charge < -0.3 is 4.98 Å². The number of aromatic amines is 1. The number of hydrogen-bond acceptors (Lipinski definition) is 3. The van der Waals surface area contributed by atoms with Crippen LogP contribution in [0, 0.1) is 11.3 Å². The zero-order valence-corrected chi connectivity index (χ0v) is 11.9. The van der Waals surface area contributed by atoms with Gasteiger partial charge in [0.05, 0.1) is 16.6 Å². The predicted octanol–water partition coefficient (Wildman–Crippen LogP) is 3.78. The van der Waals surface area contributed by atoms with Crippen LogP contribution in [0.5, 0.6) is 0 Å². The molecule has 5 heteroatoms. The van der Waals surface area contributed by atoms with Gasteiger partial charge in [-0.2, -0.15) is 5.26 Å². The molecule has 2 aromatic heterocycles. The summed E-state index contributed by atoms with van der Waals surface area (Å²) in [5.74, 6) is 0.566. The van der Waals surface area contributed by atoms with Gasteiger partial charge in [-0.05, 0) is 45.8 Å². The zero-order chi connectivity index (χ0) is 13.9. The maximum Gasteiger partial charge on any atom is 0.149 e. The highest BCUT2D eigenvalue weighted by Crippen LogP contribution is 2.19. The minimum atomic E-state index is 0.477. The van der Waals surface area contributed by atoms with Gasteiger partial charge in [-0.3, -0.25) is 0 Å². The normalized spacial score (nSPS) is 11.5. The smallest absolute Gasteiger partial charge is 0.149 e. The molecule has 0 bridgehead atoms. The molecule has 0 atom stereocenters. The Morgan fingerprint density at radius 2 is 2.10 bits per heavy atom. The molecular weight excluding hydrogens is 316 g/mol. The van der Waals surface area contributed by atoms with Crippen molar-refractivity contribution < 1.29 is 0 Å². The fourth-order valence-corrected chi connectivity index (χ4v) is 2.11. The van der Waals surface area contributed by atoms with E-state index >= 15 is 0 Å². The van der Waals surface area contributed by atoms with Crippen molar-refractivity contribution >= 4 is 38.6 Å². The highest BCUT2D eigenvalue weighted by atomic mass is 79.9. The lowest BCUT2D eigenvalue weighted by Crippen LogP contribution is -1.85. The van der Waals surface area contributed by atoms with Crippen molar-refractivity contribution in [3.8, 4) is 6.07 Å². The number of benzene rings is 1. The predicted molar refractivity (Wildman–Crippen MR) is 81.5 cm³/mol. The SMILES string of the molecule is N#CC(=Cc1ccc(Br)nc1)c1nc2ccccc2[nH]1. The van der Waals surface area contributed by atoms with Crippen molar-refractivity contribution in [2.24, 2.45) is 0 Å². The van der Waals surface area contributed by atoms with E-state index in [4.69, 9.17) is 0 Å². The number of fused-ring (bicyclic) bond motifs is 1. The maximum atomic E-state index is 9.31. The topological polar surface area (TPSA) is 65.4 Å². The molecule has 0 unspecified atom stereocenters. The maximum absolute atomic E-state index is 9.31. The summed E-state index contributed by atoms with van der Waals surface area (Å²) >= 11 is 3.28. The van der Waals surface area contributed by atoms with E-state index in [1.165, 1.54) is 0 Å². The summed E-state index contributed by atoms with van der Waals surface area (Å²) in [6.07, 6.45) is 3.46. The molecule has 0 radical (unpaired) electrons. The number of nitriles is 1. The molecular formula is C15H9BrN4. The second-order valence-corrected chi connectivity index (χ2v) is 5.00. The Morgan fingerprint density at radius 1 is 1.25 bits per heavy atom. The average Bonchev–Trinajstić information content (AvgIpc) is 2.90. The lowest BCUT2D eigenvalue weighted by molar-refractivity contribution is 1.26. The van der Waals surface area contributed by atoms with Gasteiger partial charge in [0.2, 0.25) is 0 Å². The first-order chi connectivity index (χ1) is 9.76. The van der Waals surface area contributed by atoms with Crippen LogP contribution < -0.4 is 0 Å². The number of imidazole rings is 1. The van der Waals surface area contributed by atoms with Gasteiger partial charge in [-0.15, -0.1) is 0 Å². The number of H-pyrrole nitrogens is 1. The molecule has 0 aliphatic heterocycles. The number of halogens is 1. The summed E-state index contributed by atoms with van der Waals surface area (Å²) in [6, 6.07) is 13.6. The number of hydrogen-bond donors (Lipinski definition) is 1. The molecule has 0 aliphatic carbocycles. The lowest BCUT2D eigenvalue weighted by atomic mass is 10.2. The Balaban J connectivity index is 2.05. The fraction of sp³-hybridized carbons (Fsp3) is 0. The van der Waals surface area contributed by atoms with Gasteiger partial charge in [0.15, 0.2) is 0 Å². The van der Waals surface area contributed by atoms with Gasteiger partial charge in [-0.1, -0.05) is 18.2 Å². The molecule has 3 rings (SSSR count). The number of allylic oxidation sites excluding steroid dienone is 1. The van der Waals surface area contributed by atoms with Crippen molar-refractivity contribution in [3.05, 3.63) is 58.6 Å². The molecule has 0 aliphatic rings. The van der Waals surface area contributed by atoms with Crippen LogP contribution in [-0.4, -0.2) is 15.0 Å². The molecule has 3 aromatic rings. The molecule has 0 fully saturated rings. The standard InChI is InChI=1S/C15H9BrN4/c16-14-6-5-10(9-18-14)7-11(8-17)15-19-12-3-1-2-4-13(12)20-15/h1-7,9H,(H,19,20). The first-order valence-corrected chi connectivity index (χ1v) is 6.74. The van der Waals surface area contributed by atoms with Gasteiger partial charge in [-0.25, -0.2) is 9.97 Å². The van der Waals surface area contributed by atoms with E-state index in [1.807, 2.05) is 36.4 Å². The number of aromatic nitrogens is 3. The first-order valence-electron chi connectivity index (χ1n) is 5.95. The Hall–Kier alpha value is -2.45. The van der Waals surface area contributed by atoms with Crippen molar-refractivity contribution in [2.45, 2.75) is 0 Å². The second kappa shape index (κ2) is 5.27. The Kier molecular flexibility index (Phi) is 3.32. The largest absolute Gasteiger partial charge is 0.337 e. The highest BCUT2D eigenvalue weighted by Gasteiger charge is 2.07.